The van der Waals surface area contributed by atoms with Gasteiger partial charge in [0.15, 0.2) is 5.41 Å². The topological polar surface area (TPSA) is 69.7 Å². The van der Waals surface area contributed by atoms with E-state index in [0.29, 0.717) is 12.0 Å². The highest BCUT2D eigenvalue weighted by atomic mass is 16.5. The van der Waals surface area contributed by atoms with E-state index in [1.165, 1.54) is 14.2 Å². The third kappa shape index (κ3) is 7.73. The molecule has 0 bridgehead atoms. The van der Waals surface area contributed by atoms with Gasteiger partial charge in [0.2, 0.25) is 5.78 Å². The van der Waals surface area contributed by atoms with Crippen LogP contribution >= 0.6 is 0 Å². The molecular formula is C30H30O5. The molecule has 0 fully saturated rings. The fraction of sp³-hybridized carbons (Fsp3) is 0.300. The molecule has 0 spiro atoms. The fourth-order valence-electron chi connectivity index (χ4n) is 3.30. The summed E-state index contributed by atoms with van der Waals surface area (Å²) in [6.45, 7) is 2.06. The van der Waals surface area contributed by atoms with Gasteiger partial charge >= 0.3 is 11.9 Å². The Labute approximate surface area is 207 Å². The number of benzene rings is 2. The van der Waals surface area contributed by atoms with Crippen LogP contribution in [0.5, 0.6) is 0 Å². The van der Waals surface area contributed by atoms with Crippen LogP contribution in [0.25, 0.3) is 6.08 Å². The van der Waals surface area contributed by atoms with Gasteiger partial charge in [-0.2, -0.15) is 0 Å². The van der Waals surface area contributed by atoms with Crippen LogP contribution in [0.2, 0.25) is 0 Å². The molecule has 0 radical (unpaired) electrons. The molecule has 0 heterocycles. The van der Waals surface area contributed by atoms with Gasteiger partial charge in [-0.25, -0.2) is 0 Å². The molecule has 35 heavy (non-hydrogen) atoms. The van der Waals surface area contributed by atoms with E-state index in [1.807, 2.05) is 36.4 Å². The molecule has 0 unspecified atom stereocenters. The molecule has 0 aliphatic rings. The predicted octanol–water partition coefficient (Wildman–Crippen LogP) is 5.26. The molecule has 0 saturated heterocycles. The van der Waals surface area contributed by atoms with Crippen molar-refractivity contribution in [2.24, 2.45) is 5.41 Å². The minimum absolute atomic E-state index is 0.0882. The van der Waals surface area contributed by atoms with Crippen LogP contribution in [0.1, 0.15) is 54.9 Å². The number of ketones is 1. The zero-order chi connectivity index (χ0) is 25.5. The number of Topliss-reactive ketones (excluding diaryl/α,β-unsaturated/α-hetero) is 1. The monoisotopic (exact) mass is 470 g/mol. The first-order chi connectivity index (χ1) is 17.0. The second-order valence-electron chi connectivity index (χ2n) is 7.84. The van der Waals surface area contributed by atoms with Crippen molar-refractivity contribution >= 4 is 23.8 Å². The number of unbranched alkanes of at least 4 members (excludes halogenated alkanes) is 2. The van der Waals surface area contributed by atoms with E-state index in [4.69, 9.17) is 9.47 Å². The largest absolute Gasteiger partial charge is 0.468 e. The summed E-state index contributed by atoms with van der Waals surface area (Å²) in [4.78, 5) is 38.7. The maximum absolute atomic E-state index is 13.2. The molecule has 2 aromatic rings. The van der Waals surface area contributed by atoms with Gasteiger partial charge in [-0.1, -0.05) is 85.8 Å². The number of rotatable bonds is 9. The van der Waals surface area contributed by atoms with Gasteiger partial charge in [-0.05, 0) is 18.1 Å². The molecule has 0 aliphatic heterocycles. The second-order valence-corrected chi connectivity index (χ2v) is 7.84. The predicted molar refractivity (Wildman–Crippen MR) is 136 cm³/mol. The van der Waals surface area contributed by atoms with Crippen molar-refractivity contribution in [2.75, 3.05) is 14.2 Å². The Morgan fingerprint density at radius 2 is 1.40 bits per heavy atom. The smallest absolute Gasteiger partial charge is 0.325 e. The van der Waals surface area contributed by atoms with Gasteiger partial charge in [0, 0.05) is 24.8 Å². The Morgan fingerprint density at radius 1 is 0.829 bits per heavy atom. The third-order valence-corrected chi connectivity index (χ3v) is 5.33. The molecule has 0 N–H and O–H groups in total. The Bertz CT molecular complexity index is 1140. The zero-order valence-corrected chi connectivity index (χ0v) is 20.4. The second kappa shape index (κ2) is 14.2. The first-order valence-electron chi connectivity index (χ1n) is 11.5. The van der Waals surface area contributed by atoms with Gasteiger partial charge < -0.3 is 9.47 Å². The van der Waals surface area contributed by atoms with E-state index in [-0.39, 0.29) is 24.2 Å². The molecule has 2 rings (SSSR count). The summed E-state index contributed by atoms with van der Waals surface area (Å²) in [5.74, 6) is 9.86. The van der Waals surface area contributed by atoms with E-state index in [0.717, 1.165) is 18.4 Å². The summed E-state index contributed by atoms with van der Waals surface area (Å²) >= 11 is 0. The van der Waals surface area contributed by atoms with Crippen molar-refractivity contribution in [2.45, 2.75) is 39.0 Å². The standard InChI is InChI=1S/C30H30O5/c1-4-5-6-7-14-21-30(28(32)34-2,29(33)35-3)22-15-20-26(23-24-16-10-8-11-17-24)27(31)25-18-12-9-13-19-25/h8-13,16-19,23H,4-6,21-22H2,1-3H3/b26-23+. The number of allylic oxidation sites excluding steroid dienone is 1. The van der Waals surface area contributed by atoms with Crippen molar-refractivity contribution in [1.29, 1.82) is 0 Å². The maximum Gasteiger partial charge on any atom is 0.325 e. The molecule has 0 amide bonds. The number of ether oxygens (including phenoxy) is 2. The van der Waals surface area contributed by atoms with Crippen molar-refractivity contribution in [3.8, 4) is 23.7 Å². The van der Waals surface area contributed by atoms with Gasteiger partial charge in [0.05, 0.1) is 19.8 Å². The normalized spacial score (nSPS) is 10.8. The van der Waals surface area contributed by atoms with Crippen molar-refractivity contribution in [3.63, 3.8) is 0 Å². The summed E-state index contributed by atoms with van der Waals surface area (Å²) in [5.41, 5.74) is -0.184. The number of hydrogen-bond acceptors (Lipinski definition) is 5. The van der Waals surface area contributed by atoms with Crippen LogP contribution in [0.4, 0.5) is 0 Å². The van der Waals surface area contributed by atoms with Gasteiger partial charge in [0.1, 0.15) is 0 Å². The molecule has 180 valence electrons. The van der Waals surface area contributed by atoms with Gasteiger partial charge in [-0.15, -0.1) is 11.8 Å². The number of esters is 2. The molecule has 0 atom stereocenters. The summed E-state index contributed by atoms with van der Waals surface area (Å²) in [6.07, 6.45) is 3.97. The molecular weight excluding hydrogens is 440 g/mol. The van der Waals surface area contributed by atoms with Crippen LogP contribution in [-0.4, -0.2) is 31.9 Å². The molecule has 0 saturated carbocycles. The van der Waals surface area contributed by atoms with Crippen molar-refractivity contribution in [1.82, 2.24) is 0 Å². The molecule has 0 aromatic heterocycles. The number of methoxy groups -OCH3 is 2. The van der Waals surface area contributed by atoms with E-state index < -0.39 is 17.4 Å². The van der Waals surface area contributed by atoms with E-state index in [9.17, 15) is 14.4 Å². The van der Waals surface area contributed by atoms with Crippen LogP contribution in [0.3, 0.4) is 0 Å². The lowest BCUT2D eigenvalue weighted by Crippen LogP contribution is -2.40. The van der Waals surface area contributed by atoms with E-state index in [1.54, 1.807) is 30.3 Å². The van der Waals surface area contributed by atoms with E-state index in [2.05, 4.69) is 30.6 Å². The average molecular weight is 471 g/mol. The van der Waals surface area contributed by atoms with E-state index >= 15 is 0 Å². The highest BCUT2D eigenvalue weighted by molar-refractivity contribution is 6.14. The maximum atomic E-state index is 13.2. The van der Waals surface area contributed by atoms with Crippen molar-refractivity contribution in [3.05, 3.63) is 77.4 Å². The minimum Gasteiger partial charge on any atom is -0.468 e. The fourth-order valence-corrected chi connectivity index (χ4v) is 3.30. The van der Waals surface area contributed by atoms with Crippen LogP contribution in [0, 0.1) is 29.1 Å². The molecule has 5 heteroatoms. The van der Waals surface area contributed by atoms with Crippen LogP contribution in [0.15, 0.2) is 66.2 Å². The lowest BCUT2D eigenvalue weighted by atomic mass is 9.81. The summed E-state index contributed by atoms with van der Waals surface area (Å²) in [7, 11) is 2.41. The minimum atomic E-state index is -1.70. The lowest BCUT2D eigenvalue weighted by Gasteiger charge is -2.24. The Morgan fingerprint density at radius 3 is 1.97 bits per heavy atom. The summed E-state index contributed by atoms with van der Waals surface area (Å²) < 4.78 is 9.86. The quantitative estimate of drug-likeness (QED) is 0.125. The van der Waals surface area contributed by atoms with Crippen LogP contribution in [-0.2, 0) is 19.1 Å². The average Bonchev–Trinajstić information content (AvgIpc) is 2.91. The third-order valence-electron chi connectivity index (χ3n) is 5.33. The summed E-state index contributed by atoms with van der Waals surface area (Å²) in [5, 5.41) is 0. The number of hydrogen-bond donors (Lipinski definition) is 0. The first kappa shape index (κ1) is 27.2. The molecule has 5 nitrogen and oxygen atoms in total. The Balaban J connectivity index is 2.46. The summed E-state index contributed by atoms with van der Waals surface area (Å²) in [6, 6.07) is 18.1. The first-order valence-corrected chi connectivity index (χ1v) is 11.5. The van der Waals surface area contributed by atoms with Crippen molar-refractivity contribution < 1.29 is 23.9 Å². The van der Waals surface area contributed by atoms with Crippen LogP contribution < -0.4 is 0 Å². The zero-order valence-electron chi connectivity index (χ0n) is 20.4. The molecule has 0 aliphatic carbocycles. The SMILES string of the molecule is CCCCC#CCC(CC#C/C(=C\c1ccccc1)C(=O)c1ccccc1)(C(=O)OC)C(=O)OC. The Hall–Kier alpha value is -4.09. The lowest BCUT2D eigenvalue weighted by molar-refractivity contribution is -0.168. The number of carbonyl (C=O) groups excluding carboxylic acids is 3. The van der Waals surface area contributed by atoms with Gasteiger partial charge in [-0.3, -0.25) is 14.4 Å². The highest BCUT2D eigenvalue weighted by Gasteiger charge is 2.47. The highest BCUT2D eigenvalue weighted by Crippen LogP contribution is 2.30. The Kier molecular flexibility index (Phi) is 11.0. The van der Waals surface area contributed by atoms with Gasteiger partial charge in [0.25, 0.3) is 0 Å². The molecule has 2 aromatic carbocycles. The number of carbonyl (C=O) groups is 3.